The molecule has 1 aromatic heterocycles. The van der Waals surface area contributed by atoms with E-state index in [2.05, 4.69) is 27.8 Å². The second kappa shape index (κ2) is 7.81. The Labute approximate surface area is 146 Å². The lowest BCUT2D eigenvalue weighted by molar-refractivity contribution is -0.145. The lowest BCUT2D eigenvalue weighted by Crippen LogP contribution is -2.46. The minimum absolute atomic E-state index is 0.0435. The number of carboxylic acid groups (broad SMARTS) is 1. The predicted molar refractivity (Wildman–Crippen MR) is 95.8 cm³/mol. The van der Waals surface area contributed by atoms with Crippen molar-refractivity contribution in [2.75, 3.05) is 13.2 Å². The number of rotatable bonds is 6. The second-order valence-electron chi connectivity index (χ2n) is 6.05. The molecule has 128 valence electrons. The first-order valence-corrected chi connectivity index (χ1v) is 9.38. The van der Waals surface area contributed by atoms with E-state index in [1.54, 1.807) is 11.3 Å². The number of ether oxygens (including phenoxy) is 1. The van der Waals surface area contributed by atoms with Gasteiger partial charge in [0.05, 0.1) is 12.6 Å². The summed E-state index contributed by atoms with van der Waals surface area (Å²) in [7, 11) is 0. The van der Waals surface area contributed by atoms with Gasteiger partial charge in [-0.25, -0.2) is 0 Å². The minimum Gasteiger partial charge on any atom is -0.494 e. The molecule has 1 N–H and O–H groups in total. The Morgan fingerprint density at radius 2 is 2.25 bits per heavy atom. The predicted octanol–water partition coefficient (Wildman–Crippen LogP) is 4.18. The summed E-state index contributed by atoms with van der Waals surface area (Å²) in [5.41, 5.74) is 2.24. The van der Waals surface area contributed by atoms with Crippen LogP contribution in [0, 0.1) is 0 Å². The lowest BCUT2D eigenvalue weighted by Gasteiger charge is -2.39. The third kappa shape index (κ3) is 3.62. The Hall–Kier alpha value is -1.85. The van der Waals surface area contributed by atoms with Gasteiger partial charge in [0.15, 0.2) is 0 Å². The van der Waals surface area contributed by atoms with E-state index >= 15 is 0 Å². The van der Waals surface area contributed by atoms with Gasteiger partial charge in [-0.05, 0) is 66.4 Å². The van der Waals surface area contributed by atoms with Crippen molar-refractivity contribution >= 4 is 17.3 Å². The highest BCUT2D eigenvalue weighted by Gasteiger charge is 2.35. The molecule has 3 rings (SSSR count). The molecule has 5 heteroatoms. The number of carbonyl (C=O) groups is 1. The molecule has 2 aromatic rings. The fraction of sp³-hybridized carbons (Fsp3) is 0.421. The number of hydrogen-bond donors (Lipinski definition) is 1. The van der Waals surface area contributed by atoms with Crippen LogP contribution in [0.15, 0.2) is 41.1 Å². The number of hydrogen-bond acceptors (Lipinski definition) is 4. The molecule has 1 fully saturated rings. The average Bonchev–Trinajstić information content (AvgIpc) is 3.10. The molecule has 0 bridgehead atoms. The maximum absolute atomic E-state index is 11.8. The largest absolute Gasteiger partial charge is 0.494 e. The molecule has 0 radical (unpaired) electrons. The lowest BCUT2D eigenvalue weighted by atomic mass is 9.93. The normalized spacial score (nSPS) is 19.8. The van der Waals surface area contributed by atoms with Gasteiger partial charge >= 0.3 is 5.97 Å². The molecule has 0 saturated carbocycles. The van der Waals surface area contributed by atoms with Crippen LogP contribution in [0.25, 0.3) is 0 Å². The molecule has 4 nitrogen and oxygen atoms in total. The van der Waals surface area contributed by atoms with Gasteiger partial charge in [0.1, 0.15) is 11.8 Å². The van der Waals surface area contributed by atoms with Gasteiger partial charge in [0, 0.05) is 0 Å². The van der Waals surface area contributed by atoms with E-state index in [-0.39, 0.29) is 6.04 Å². The van der Waals surface area contributed by atoms with Crippen LogP contribution in [0.5, 0.6) is 5.75 Å². The monoisotopic (exact) mass is 345 g/mol. The zero-order chi connectivity index (χ0) is 16.9. The number of carboxylic acids is 1. The van der Waals surface area contributed by atoms with Gasteiger partial charge in [-0.3, -0.25) is 9.69 Å². The van der Waals surface area contributed by atoms with Gasteiger partial charge in [-0.2, -0.15) is 11.3 Å². The van der Waals surface area contributed by atoms with Gasteiger partial charge in [0.25, 0.3) is 0 Å². The number of piperidine rings is 1. The Bertz CT molecular complexity index is 671. The number of nitrogens with zero attached hydrogens (tertiary/aromatic N) is 1. The summed E-state index contributed by atoms with van der Waals surface area (Å²) in [6.45, 7) is 3.39. The quantitative estimate of drug-likeness (QED) is 0.853. The molecule has 2 unspecified atom stereocenters. The molecule has 1 saturated heterocycles. The first kappa shape index (κ1) is 17.0. The summed E-state index contributed by atoms with van der Waals surface area (Å²) in [6.07, 6.45) is 2.72. The number of benzene rings is 1. The fourth-order valence-corrected chi connectivity index (χ4v) is 4.15. The molecule has 24 heavy (non-hydrogen) atoms. The second-order valence-corrected chi connectivity index (χ2v) is 6.83. The molecule has 0 amide bonds. The summed E-state index contributed by atoms with van der Waals surface area (Å²) in [4.78, 5) is 13.9. The van der Waals surface area contributed by atoms with Gasteiger partial charge < -0.3 is 9.84 Å². The SMILES string of the molecule is CCOc1cccc(C(c2ccsc2)N2CCCCC2C(=O)O)c1. The molecule has 0 spiro atoms. The van der Waals surface area contributed by atoms with Crippen LogP contribution in [0.2, 0.25) is 0 Å². The van der Waals surface area contributed by atoms with Crippen molar-refractivity contribution in [2.24, 2.45) is 0 Å². The number of aliphatic carboxylic acids is 1. The summed E-state index contributed by atoms with van der Waals surface area (Å²) in [5, 5.41) is 13.8. The summed E-state index contributed by atoms with van der Waals surface area (Å²) < 4.78 is 5.64. The van der Waals surface area contributed by atoms with Gasteiger partial charge in [-0.15, -0.1) is 0 Å². The van der Waals surface area contributed by atoms with E-state index in [0.29, 0.717) is 13.0 Å². The Balaban J connectivity index is 2.00. The van der Waals surface area contributed by atoms with E-state index < -0.39 is 12.0 Å². The van der Waals surface area contributed by atoms with Crippen LogP contribution in [0.3, 0.4) is 0 Å². The average molecular weight is 345 g/mol. The van der Waals surface area contributed by atoms with Crippen molar-refractivity contribution in [1.82, 2.24) is 4.90 Å². The summed E-state index contributed by atoms with van der Waals surface area (Å²) >= 11 is 1.65. The highest BCUT2D eigenvalue weighted by atomic mass is 32.1. The standard InChI is InChI=1S/C19H23NO3S/c1-2-23-16-7-5-6-14(12-16)18(15-9-11-24-13-15)20-10-4-3-8-17(20)19(21)22/h5-7,9,11-13,17-18H,2-4,8,10H2,1H3,(H,21,22). The molecule has 2 heterocycles. The van der Waals surface area contributed by atoms with E-state index in [9.17, 15) is 9.90 Å². The topological polar surface area (TPSA) is 49.8 Å². The van der Waals surface area contributed by atoms with Crippen molar-refractivity contribution in [2.45, 2.75) is 38.3 Å². The van der Waals surface area contributed by atoms with Crippen molar-refractivity contribution in [1.29, 1.82) is 0 Å². The Morgan fingerprint density at radius 1 is 1.38 bits per heavy atom. The van der Waals surface area contributed by atoms with Crippen LogP contribution < -0.4 is 4.74 Å². The van der Waals surface area contributed by atoms with Crippen molar-refractivity contribution in [3.05, 3.63) is 52.2 Å². The van der Waals surface area contributed by atoms with Crippen molar-refractivity contribution in [3.63, 3.8) is 0 Å². The highest BCUT2D eigenvalue weighted by molar-refractivity contribution is 7.08. The Morgan fingerprint density at radius 3 is 2.96 bits per heavy atom. The molecule has 1 aliphatic heterocycles. The molecule has 2 atom stereocenters. The zero-order valence-electron chi connectivity index (χ0n) is 13.9. The maximum atomic E-state index is 11.8. The van der Waals surface area contributed by atoms with E-state index in [0.717, 1.165) is 36.3 Å². The molecular weight excluding hydrogens is 322 g/mol. The molecule has 0 aliphatic carbocycles. The van der Waals surface area contributed by atoms with E-state index in [1.165, 1.54) is 0 Å². The third-order valence-electron chi connectivity index (χ3n) is 4.50. The maximum Gasteiger partial charge on any atom is 0.320 e. The van der Waals surface area contributed by atoms with Gasteiger partial charge in [0.2, 0.25) is 0 Å². The minimum atomic E-state index is -0.726. The molecule has 1 aromatic carbocycles. The summed E-state index contributed by atoms with van der Waals surface area (Å²) in [6, 6.07) is 9.66. The number of thiophene rings is 1. The molecule has 1 aliphatic rings. The number of likely N-dealkylation sites (tertiary alicyclic amines) is 1. The third-order valence-corrected chi connectivity index (χ3v) is 5.21. The van der Waals surface area contributed by atoms with Crippen LogP contribution in [-0.2, 0) is 4.79 Å². The smallest absolute Gasteiger partial charge is 0.320 e. The zero-order valence-corrected chi connectivity index (χ0v) is 14.7. The van der Waals surface area contributed by atoms with Crippen molar-refractivity contribution in [3.8, 4) is 5.75 Å². The molecular formula is C19H23NO3S. The van der Waals surface area contributed by atoms with Crippen molar-refractivity contribution < 1.29 is 14.6 Å². The van der Waals surface area contributed by atoms with Crippen LogP contribution in [0.1, 0.15) is 43.4 Å². The van der Waals surface area contributed by atoms with Crippen LogP contribution in [0.4, 0.5) is 0 Å². The first-order chi connectivity index (χ1) is 11.7. The highest BCUT2D eigenvalue weighted by Crippen LogP contribution is 2.36. The fourth-order valence-electron chi connectivity index (χ4n) is 3.48. The van der Waals surface area contributed by atoms with E-state index in [4.69, 9.17) is 4.74 Å². The van der Waals surface area contributed by atoms with Crippen LogP contribution in [-0.4, -0.2) is 35.2 Å². The van der Waals surface area contributed by atoms with E-state index in [1.807, 2.05) is 25.1 Å². The summed E-state index contributed by atoms with van der Waals surface area (Å²) in [5.74, 6) is 0.106. The van der Waals surface area contributed by atoms with Crippen LogP contribution >= 0.6 is 11.3 Å². The van der Waals surface area contributed by atoms with Gasteiger partial charge in [-0.1, -0.05) is 18.6 Å². The Kier molecular flexibility index (Phi) is 5.53. The first-order valence-electron chi connectivity index (χ1n) is 8.44.